The largest absolute Gasteiger partial charge is 0.324 e. The van der Waals surface area contributed by atoms with Crippen LogP contribution in [0.3, 0.4) is 0 Å². The molecule has 0 radical (unpaired) electrons. The van der Waals surface area contributed by atoms with Crippen molar-refractivity contribution in [2.75, 3.05) is 0 Å². The third kappa shape index (κ3) is 3.05. The second kappa shape index (κ2) is 5.74. The van der Waals surface area contributed by atoms with Crippen molar-refractivity contribution in [1.29, 1.82) is 0 Å². The van der Waals surface area contributed by atoms with Gasteiger partial charge >= 0.3 is 0 Å². The Balaban J connectivity index is 2.28. The fraction of sp³-hybridized carbons (Fsp3) is 0.143. The van der Waals surface area contributed by atoms with Crippen LogP contribution in [-0.4, -0.2) is 0 Å². The van der Waals surface area contributed by atoms with Gasteiger partial charge in [0, 0.05) is 15.8 Å². The van der Waals surface area contributed by atoms with Gasteiger partial charge in [0.25, 0.3) is 0 Å². The number of nitrogens with two attached hydrogens (primary N) is 1. The minimum atomic E-state index is -0.269. The molecule has 4 heteroatoms. The molecule has 0 aliphatic heterocycles. The molecule has 0 fully saturated rings. The topological polar surface area (TPSA) is 26.0 Å². The van der Waals surface area contributed by atoms with Crippen LogP contribution in [0.1, 0.15) is 18.5 Å². The Kier molecular flexibility index (Phi) is 4.27. The van der Waals surface area contributed by atoms with Crippen molar-refractivity contribution in [1.82, 2.24) is 0 Å². The molecule has 94 valence electrons. The van der Waals surface area contributed by atoms with Crippen molar-refractivity contribution in [2.24, 2.45) is 5.73 Å². The molecule has 0 saturated heterocycles. The van der Waals surface area contributed by atoms with E-state index in [-0.39, 0.29) is 11.9 Å². The van der Waals surface area contributed by atoms with E-state index in [9.17, 15) is 4.39 Å². The molecule has 0 aliphatic carbocycles. The highest BCUT2D eigenvalue weighted by Gasteiger charge is 2.09. The SMILES string of the molecule is C[C@H](N)c1ccc(Sc2ccccc2Cl)c(F)c1. The van der Waals surface area contributed by atoms with Gasteiger partial charge in [-0.15, -0.1) is 0 Å². The first kappa shape index (κ1) is 13.4. The van der Waals surface area contributed by atoms with Gasteiger partial charge in [0.05, 0.1) is 5.02 Å². The first-order valence-electron chi connectivity index (χ1n) is 5.55. The van der Waals surface area contributed by atoms with E-state index < -0.39 is 0 Å². The maximum atomic E-state index is 13.9. The van der Waals surface area contributed by atoms with Crippen LogP contribution in [0.15, 0.2) is 52.3 Å². The van der Waals surface area contributed by atoms with Gasteiger partial charge in [0.1, 0.15) is 5.82 Å². The first-order valence-corrected chi connectivity index (χ1v) is 6.75. The molecular weight excluding hydrogens is 269 g/mol. The van der Waals surface area contributed by atoms with Crippen molar-refractivity contribution in [2.45, 2.75) is 22.8 Å². The summed E-state index contributed by atoms with van der Waals surface area (Å²) >= 11 is 7.36. The molecule has 0 aromatic heterocycles. The maximum absolute atomic E-state index is 13.9. The zero-order valence-electron chi connectivity index (χ0n) is 9.86. The molecule has 1 atom stereocenters. The third-order valence-corrected chi connectivity index (χ3v) is 4.11. The highest BCUT2D eigenvalue weighted by molar-refractivity contribution is 7.99. The van der Waals surface area contributed by atoms with E-state index in [0.717, 1.165) is 10.5 Å². The molecule has 0 spiro atoms. The van der Waals surface area contributed by atoms with Crippen LogP contribution in [0.25, 0.3) is 0 Å². The van der Waals surface area contributed by atoms with E-state index in [2.05, 4.69) is 0 Å². The van der Waals surface area contributed by atoms with Crippen molar-refractivity contribution in [3.05, 3.63) is 58.9 Å². The normalized spacial score (nSPS) is 12.4. The highest BCUT2D eigenvalue weighted by Crippen LogP contribution is 2.35. The van der Waals surface area contributed by atoms with Crippen LogP contribution in [0.2, 0.25) is 5.02 Å². The molecule has 0 heterocycles. The van der Waals surface area contributed by atoms with Gasteiger partial charge < -0.3 is 5.73 Å². The first-order chi connectivity index (χ1) is 8.58. The Morgan fingerprint density at radius 2 is 1.89 bits per heavy atom. The molecule has 18 heavy (non-hydrogen) atoms. The molecule has 2 N–H and O–H groups in total. The molecule has 0 saturated carbocycles. The molecule has 1 nitrogen and oxygen atoms in total. The third-order valence-electron chi connectivity index (χ3n) is 2.54. The zero-order chi connectivity index (χ0) is 13.1. The van der Waals surface area contributed by atoms with E-state index in [4.69, 9.17) is 17.3 Å². The van der Waals surface area contributed by atoms with Crippen molar-refractivity contribution in [3.63, 3.8) is 0 Å². The van der Waals surface area contributed by atoms with Gasteiger partial charge in [-0.25, -0.2) is 4.39 Å². The van der Waals surface area contributed by atoms with Crippen molar-refractivity contribution >= 4 is 23.4 Å². The summed E-state index contributed by atoms with van der Waals surface area (Å²) in [6.45, 7) is 1.83. The van der Waals surface area contributed by atoms with Gasteiger partial charge in [0.15, 0.2) is 0 Å². The van der Waals surface area contributed by atoms with Gasteiger partial charge in [-0.3, -0.25) is 0 Å². The van der Waals surface area contributed by atoms with Gasteiger partial charge in [-0.05, 0) is 36.8 Å². The van der Waals surface area contributed by atoms with Crippen molar-refractivity contribution in [3.8, 4) is 0 Å². The molecule has 0 bridgehead atoms. The Hall–Kier alpha value is -1.03. The molecule has 0 amide bonds. The summed E-state index contributed by atoms with van der Waals surface area (Å²) < 4.78 is 13.9. The van der Waals surface area contributed by atoms with E-state index >= 15 is 0 Å². The maximum Gasteiger partial charge on any atom is 0.137 e. The Morgan fingerprint density at radius 1 is 1.17 bits per heavy atom. The summed E-state index contributed by atoms with van der Waals surface area (Å²) in [5.41, 5.74) is 6.50. The lowest BCUT2D eigenvalue weighted by atomic mass is 10.1. The summed E-state index contributed by atoms with van der Waals surface area (Å²) in [4.78, 5) is 1.39. The van der Waals surface area contributed by atoms with Gasteiger partial charge in [0.2, 0.25) is 0 Å². The average molecular weight is 282 g/mol. The summed E-state index contributed by atoms with van der Waals surface area (Å²) in [6, 6.07) is 12.3. The monoisotopic (exact) mass is 281 g/mol. The second-order valence-electron chi connectivity index (χ2n) is 4.01. The van der Waals surface area contributed by atoms with E-state index in [0.29, 0.717) is 9.92 Å². The van der Waals surface area contributed by atoms with Crippen LogP contribution in [0, 0.1) is 5.82 Å². The predicted octanol–water partition coefficient (Wildman–Crippen LogP) is 4.65. The number of rotatable bonds is 3. The highest BCUT2D eigenvalue weighted by atomic mass is 35.5. The van der Waals surface area contributed by atoms with Crippen LogP contribution in [-0.2, 0) is 0 Å². The van der Waals surface area contributed by atoms with E-state index in [1.165, 1.54) is 17.8 Å². The lowest BCUT2D eigenvalue weighted by Gasteiger charge is -2.09. The lowest BCUT2D eigenvalue weighted by Crippen LogP contribution is -2.05. The molecule has 0 unspecified atom stereocenters. The zero-order valence-corrected chi connectivity index (χ0v) is 11.4. The Bertz CT molecular complexity index is 557. The summed E-state index contributed by atoms with van der Waals surface area (Å²) in [7, 11) is 0. The Morgan fingerprint density at radius 3 is 2.50 bits per heavy atom. The summed E-state index contributed by atoms with van der Waals surface area (Å²) in [5, 5.41) is 0.623. The minimum absolute atomic E-state index is 0.168. The standard InChI is InChI=1S/C14H13ClFNS/c1-9(17)10-6-7-14(12(16)8-10)18-13-5-3-2-4-11(13)15/h2-9H,17H2,1H3/t9-/m0/s1. The number of halogens is 2. The fourth-order valence-electron chi connectivity index (χ4n) is 1.53. The molecule has 2 rings (SSSR count). The predicted molar refractivity (Wildman–Crippen MR) is 74.6 cm³/mol. The molecule has 2 aromatic rings. The number of hydrogen-bond donors (Lipinski definition) is 1. The van der Waals surface area contributed by atoms with Crippen molar-refractivity contribution < 1.29 is 4.39 Å². The smallest absolute Gasteiger partial charge is 0.137 e. The van der Waals surface area contributed by atoms with Crippen LogP contribution >= 0.6 is 23.4 Å². The summed E-state index contributed by atoms with van der Waals surface area (Å²) in [6.07, 6.45) is 0. The fourth-order valence-corrected chi connectivity index (χ4v) is 2.62. The quantitative estimate of drug-likeness (QED) is 0.886. The molecule has 0 aliphatic rings. The molecule has 2 aromatic carbocycles. The summed E-state index contributed by atoms with van der Waals surface area (Å²) in [5.74, 6) is -0.269. The Labute approximate surface area is 115 Å². The van der Waals surface area contributed by atoms with E-state index in [1.807, 2.05) is 31.2 Å². The molecular formula is C14H13ClFNS. The number of benzene rings is 2. The van der Waals surface area contributed by atoms with Crippen LogP contribution in [0.4, 0.5) is 4.39 Å². The lowest BCUT2D eigenvalue weighted by molar-refractivity contribution is 0.596. The number of hydrogen-bond acceptors (Lipinski definition) is 2. The van der Waals surface area contributed by atoms with E-state index in [1.54, 1.807) is 12.1 Å². The minimum Gasteiger partial charge on any atom is -0.324 e. The average Bonchev–Trinajstić information content (AvgIpc) is 2.34. The second-order valence-corrected chi connectivity index (χ2v) is 5.50. The van der Waals surface area contributed by atoms with Gasteiger partial charge in [-0.2, -0.15) is 0 Å². The van der Waals surface area contributed by atoms with Crippen LogP contribution < -0.4 is 5.73 Å². The van der Waals surface area contributed by atoms with Gasteiger partial charge in [-0.1, -0.05) is 41.6 Å². The van der Waals surface area contributed by atoms with Crippen LogP contribution in [0.5, 0.6) is 0 Å².